The minimum Gasteiger partial charge on any atom is -0.464 e. The highest BCUT2D eigenvalue weighted by molar-refractivity contribution is 6.07. The summed E-state index contributed by atoms with van der Waals surface area (Å²) in [7, 11) is 0. The second kappa shape index (κ2) is 7.05. The summed E-state index contributed by atoms with van der Waals surface area (Å²) in [5, 5.41) is 0. The number of hydrogen-bond acceptors (Lipinski definition) is 3. The lowest BCUT2D eigenvalue weighted by Gasteiger charge is -2.16. The summed E-state index contributed by atoms with van der Waals surface area (Å²) in [6, 6.07) is 18.8. The molecule has 0 saturated carbocycles. The number of carbonyl (C=O) groups excluding carboxylic acids is 1. The lowest BCUT2D eigenvalue weighted by Crippen LogP contribution is -2.11. The Morgan fingerprint density at radius 2 is 1.64 bits per heavy atom. The van der Waals surface area contributed by atoms with E-state index in [2.05, 4.69) is 0 Å². The van der Waals surface area contributed by atoms with Crippen LogP contribution in [-0.4, -0.2) is 18.7 Å². The standard InChI is InChI=1S/C19H18O3/c20-17(15-8-3-1-4-9-15)14-18(16-10-5-2-6-11-16)22-19-12-7-13-21-19/h1-6,8-11,14,19H,7,12-13H2/b18-14+. The maximum atomic E-state index is 12.4. The maximum Gasteiger partial charge on any atom is 0.199 e. The minimum absolute atomic E-state index is 0.0718. The first-order chi connectivity index (χ1) is 10.8. The summed E-state index contributed by atoms with van der Waals surface area (Å²) in [6.45, 7) is 0.708. The highest BCUT2D eigenvalue weighted by Gasteiger charge is 2.19. The molecule has 22 heavy (non-hydrogen) atoms. The van der Waals surface area contributed by atoms with Crippen LogP contribution in [0, 0.1) is 0 Å². The van der Waals surface area contributed by atoms with Gasteiger partial charge in [-0.3, -0.25) is 4.79 Å². The van der Waals surface area contributed by atoms with E-state index in [0.29, 0.717) is 17.9 Å². The highest BCUT2D eigenvalue weighted by Crippen LogP contribution is 2.23. The first-order valence-electron chi connectivity index (χ1n) is 7.48. The molecular weight excluding hydrogens is 276 g/mol. The van der Waals surface area contributed by atoms with Crippen molar-refractivity contribution in [2.75, 3.05) is 6.61 Å². The molecule has 1 saturated heterocycles. The van der Waals surface area contributed by atoms with Crippen molar-refractivity contribution in [2.24, 2.45) is 0 Å². The van der Waals surface area contributed by atoms with Gasteiger partial charge in [-0.15, -0.1) is 0 Å². The van der Waals surface area contributed by atoms with E-state index < -0.39 is 0 Å². The molecule has 0 N–H and O–H groups in total. The Balaban J connectivity index is 1.87. The van der Waals surface area contributed by atoms with E-state index in [-0.39, 0.29) is 12.1 Å². The number of allylic oxidation sites excluding steroid dienone is 1. The van der Waals surface area contributed by atoms with Gasteiger partial charge in [-0.1, -0.05) is 60.7 Å². The maximum absolute atomic E-state index is 12.4. The molecule has 3 nitrogen and oxygen atoms in total. The Morgan fingerprint density at radius 3 is 2.23 bits per heavy atom. The Labute approximate surface area is 130 Å². The Bertz CT molecular complexity index is 641. The van der Waals surface area contributed by atoms with Gasteiger partial charge in [0, 0.05) is 23.6 Å². The van der Waals surface area contributed by atoms with Gasteiger partial charge in [0.15, 0.2) is 12.1 Å². The van der Waals surface area contributed by atoms with Crippen molar-refractivity contribution in [3.05, 3.63) is 77.9 Å². The van der Waals surface area contributed by atoms with Crippen molar-refractivity contribution in [1.82, 2.24) is 0 Å². The molecule has 3 heteroatoms. The van der Waals surface area contributed by atoms with Crippen LogP contribution in [0.3, 0.4) is 0 Å². The third kappa shape index (κ3) is 3.62. The number of ether oxygens (including phenoxy) is 2. The molecule has 1 aliphatic rings. The fraction of sp³-hybridized carbons (Fsp3) is 0.211. The van der Waals surface area contributed by atoms with Crippen LogP contribution < -0.4 is 0 Å². The molecule has 2 aromatic carbocycles. The van der Waals surface area contributed by atoms with Gasteiger partial charge in [0.05, 0.1) is 6.61 Å². The van der Waals surface area contributed by atoms with Crippen LogP contribution in [0.4, 0.5) is 0 Å². The zero-order valence-electron chi connectivity index (χ0n) is 12.3. The first-order valence-corrected chi connectivity index (χ1v) is 7.48. The Kier molecular flexibility index (Phi) is 4.66. The van der Waals surface area contributed by atoms with E-state index in [4.69, 9.17) is 9.47 Å². The van der Waals surface area contributed by atoms with Gasteiger partial charge >= 0.3 is 0 Å². The number of hydrogen-bond donors (Lipinski definition) is 0. The number of carbonyl (C=O) groups is 1. The zero-order valence-corrected chi connectivity index (χ0v) is 12.3. The lowest BCUT2D eigenvalue weighted by atomic mass is 10.1. The van der Waals surface area contributed by atoms with Gasteiger partial charge in [0.2, 0.25) is 0 Å². The van der Waals surface area contributed by atoms with Crippen molar-refractivity contribution in [3.8, 4) is 0 Å². The molecule has 1 atom stereocenters. The van der Waals surface area contributed by atoms with Gasteiger partial charge in [-0.05, 0) is 6.42 Å². The normalized spacial score (nSPS) is 18.2. The molecule has 1 fully saturated rings. The van der Waals surface area contributed by atoms with Crippen LogP contribution >= 0.6 is 0 Å². The molecule has 0 amide bonds. The molecule has 0 aromatic heterocycles. The molecule has 0 radical (unpaired) electrons. The van der Waals surface area contributed by atoms with Crippen LogP contribution in [0.2, 0.25) is 0 Å². The summed E-state index contributed by atoms with van der Waals surface area (Å²) in [6.07, 6.45) is 3.12. The second-order valence-corrected chi connectivity index (χ2v) is 5.17. The van der Waals surface area contributed by atoms with E-state index >= 15 is 0 Å². The van der Waals surface area contributed by atoms with Crippen LogP contribution in [0.5, 0.6) is 0 Å². The van der Waals surface area contributed by atoms with E-state index in [1.807, 2.05) is 48.5 Å². The van der Waals surface area contributed by atoms with E-state index in [1.165, 1.54) is 0 Å². The van der Waals surface area contributed by atoms with Crippen molar-refractivity contribution >= 4 is 11.5 Å². The second-order valence-electron chi connectivity index (χ2n) is 5.17. The number of rotatable bonds is 5. The predicted octanol–water partition coefficient (Wildman–Crippen LogP) is 4.06. The monoisotopic (exact) mass is 294 g/mol. The summed E-state index contributed by atoms with van der Waals surface area (Å²) >= 11 is 0. The third-order valence-corrected chi connectivity index (χ3v) is 3.53. The van der Waals surface area contributed by atoms with Gasteiger partial charge in [0.25, 0.3) is 0 Å². The third-order valence-electron chi connectivity index (χ3n) is 3.53. The molecule has 1 heterocycles. The van der Waals surface area contributed by atoms with Gasteiger partial charge in [-0.25, -0.2) is 0 Å². The van der Waals surface area contributed by atoms with E-state index in [0.717, 1.165) is 18.4 Å². The topological polar surface area (TPSA) is 35.5 Å². The number of ketones is 1. The van der Waals surface area contributed by atoms with Crippen molar-refractivity contribution < 1.29 is 14.3 Å². The predicted molar refractivity (Wildman–Crippen MR) is 85.3 cm³/mol. The average molecular weight is 294 g/mol. The fourth-order valence-electron chi connectivity index (χ4n) is 2.38. The van der Waals surface area contributed by atoms with E-state index in [1.54, 1.807) is 18.2 Å². The van der Waals surface area contributed by atoms with Crippen LogP contribution in [-0.2, 0) is 9.47 Å². The van der Waals surface area contributed by atoms with Crippen molar-refractivity contribution in [3.63, 3.8) is 0 Å². The summed E-state index contributed by atoms with van der Waals surface area (Å²) in [4.78, 5) is 12.4. The lowest BCUT2D eigenvalue weighted by molar-refractivity contribution is -0.0576. The molecule has 112 valence electrons. The van der Waals surface area contributed by atoms with Gasteiger partial charge in [-0.2, -0.15) is 0 Å². The van der Waals surface area contributed by atoms with Crippen LogP contribution in [0.25, 0.3) is 5.76 Å². The average Bonchev–Trinajstić information content (AvgIpc) is 3.09. The van der Waals surface area contributed by atoms with Gasteiger partial charge < -0.3 is 9.47 Å². The molecule has 0 bridgehead atoms. The van der Waals surface area contributed by atoms with Gasteiger partial charge in [0.1, 0.15) is 5.76 Å². The smallest absolute Gasteiger partial charge is 0.199 e. The molecule has 0 aliphatic carbocycles. The Hall–Kier alpha value is -2.39. The van der Waals surface area contributed by atoms with Crippen LogP contribution in [0.15, 0.2) is 66.7 Å². The first kappa shape index (κ1) is 14.5. The zero-order chi connectivity index (χ0) is 15.2. The van der Waals surface area contributed by atoms with Crippen LogP contribution in [0.1, 0.15) is 28.8 Å². The molecule has 3 rings (SSSR count). The fourth-order valence-corrected chi connectivity index (χ4v) is 2.38. The summed E-state index contributed by atoms with van der Waals surface area (Å²) < 4.78 is 11.4. The van der Waals surface area contributed by atoms with Crippen molar-refractivity contribution in [1.29, 1.82) is 0 Å². The van der Waals surface area contributed by atoms with Crippen molar-refractivity contribution in [2.45, 2.75) is 19.1 Å². The summed E-state index contributed by atoms with van der Waals surface area (Å²) in [5.41, 5.74) is 1.52. The minimum atomic E-state index is -0.268. The Morgan fingerprint density at radius 1 is 1.00 bits per heavy atom. The largest absolute Gasteiger partial charge is 0.464 e. The molecular formula is C19H18O3. The molecule has 2 aromatic rings. The molecule has 1 unspecified atom stereocenters. The number of benzene rings is 2. The van der Waals surface area contributed by atoms with E-state index in [9.17, 15) is 4.79 Å². The highest BCUT2D eigenvalue weighted by atomic mass is 16.7. The quantitative estimate of drug-likeness (QED) is 0.474. The SMILES string of the molecule is O=C(/C=C(/OC1CCCO1)c1ccccc1)c1ccccc1. The molecule has 1 aliphatic heterocycles. The summed E-state index contributed by atoms with van der Waals surface area (Å²) in [5.74, 6) is 0.485. The molecule has 0 spiro atoms.